The van der Waals surface area contributed by atoms with E-state index in [0.717, 1.165) is 28.8 Å². The average Bonchev–Trinajstić information content (AvgIpc) is 3.39. The first-order chi connectivity index (χ1) is 22.9. The van der Waals surface area contributed by atoms with Crippen LogP contribution in [0.2, 0.25) is 0 Å². The molecule has 0 radical (unpaired) electrons. The Kier molecular flexibility index (Phi) is 11.1. The Morgan fingerprint density at radius 3 is 2.12 bits per heavy atom. The number of rotatable bonds is 10. The van der Waals surface area contributed by atoms with Crippen molar-refractivity contribution in [2.24, 2.45) is 5.41 Å². The number of nitrogens with zero attached hydrogens (tertiary/aromatic N) is 4. The number of allylic oxidation sites excluding steroid dienone is 8. The van der Waals surface area contributed by atoms with Crippen LogP contribution >= 0.6 is 0 Å². The number of aliphatic hydroxyl groups excluding tert-OH is 2. The van der Waals surface area contributed by atoms with Gasteiger partial charge >= 0.3 is 6.18 Å². The van der Waals surface area contributed by atoms with Crippen LogP contribution in [0.15, 0.2) is 119 Å². The van der Waals surface area contributed by atoms with Crippen LogP contribution in [0.4, 0.5) is 18.9 Å². The van der Waals surface area contributed by atoms with E-state index in [2.05, 4.69) is 13.8 Å². The molecule has 4 rings (SSSR count). The van der Waals surface area contributed by atoms with Crippen molar-refractivity contribution in [3.05, 3.63) is 130 Å². The molecule has 246 valence electrons. The third kappa shape index (κ3) is 7.61. The van der Waals surface area contributed by atoms with Crippen LogP contribution < -0.4 is 4.90 Å². The summed E-state index contributed by atoms with van der Waals surface area (Å²) >= 11 is 0. The quantitative estimate of drug-likeness (QED) is 0.258. The van der Waals surface area contributed by atoms with Crippen LogP contribution in [0.1, 0.15) is 37.8 Å². The molecule has 2 aromatic carbocycles. The highest BCUT2D eigenvalue weighted by Gasteiger charge is 2.65. The largest absolute Gasteiger partial charge is 0.465 e. The van der Waals surface area contributed by atoms with Crippen molar-refractivity contribution in [3.8, 4) is 18.2 Å². The summed E-state index contributed by atoms with van der Waals surface area (Å²) in [4.78, 5) is 1.89. The standard InChI is InChI=1S/C38H35F3N4O3/c1-36(2)22-28(21-29(23-36)12-11-27-13-15-32(16-14-27)45(17-19-46)18-20-47)7-6-10-34-33(26-44)35(30(24-42)25-43)48-37(34,38(39,40)41)31-8-4-3-5-9-31/h3-16,21,46-47H,17-20,22-23H2,1-2H3/b10-6+,12-11+,28-7-. The lowest BCUT2D eigenvalue weighted by atomic mass is 9.75. The molecule has 48 heavy (non-hydrogen) atoms. The van der Waals surface area contributed by atoms with Crippen LogP contribution in [-0.2, 0) is 10.3 Å². The van der Waals surface area contributed by atoms with Gasteiger partial charge in [-0.05, 0) is 47.1 Å². The molecule has 2 N–H and O–H groups in total. The normalized spacial score (nSPS) is 20.0. The van der Waals surface area contributed by atoms with Crippen molar-refractivity contribution in [1.29, 1.82) is 15.8 Å². The van der Waals surface area contributed by atoms with Crippen molar-refractivity contribution >= 4 is 11.8 Å². The number of hydrogen-bond donors (Lipinski definition) is 2. The summed E-state index contributed by atoms with van der Waals surface area (Å²) in [5.74, 6) is -0.704. The minimum atomic E-state index is -5.06. The van der Waals surface area contributed by atoms with Gasteiger partial charge < -0.3 is 19.8 Å². The lowest BCUT2D eigenvalue weighted by molar-refractivity contribution is -0.249. The van der Waals surface area contributed by atoms with Crippen LogP contribution in [0.5, 0.6) is 0 Å². The smallest absolute Gasteiger partial charge is 0.437 e. The summed E-state index contributed by atoms with van der Waals surface area (Å²) in [5, 5.41) is 47.5. The van der Waals surface area contributed by atoms with E-state index < -0.39 is 34.3 Å². The second-order valence-corrected chi connectivity index (χ2v) is 12.2. The molecule has 1 atom stereocenters. The molecule has 0 aromatic heterocycles. The van der Waals surface area contributed by atoms with Crippen molar-refractivity contribution in [2.45, 2.75) is 38.5 Å². The maximum atomic E-state index is 15.1. The first kappa shape index (κ1) is 35.5. The number of benzene rings is 2. The molecule has 0 fully saturated rings. The van der Waals surface area contributed by atoms with Crippen LogP contribution in [0, 0.1) is 39.4 Å². The van der Waals surface area contributed by atoms with E-state index in [9.17, 15) is 26.0 Å². The van der Waals surface area contributed by atoms with Crippen molar-refractivity contribution in [2.75, 3.05) is 31.2 Å². The van der Waals surface area contributed by atoms with Gasteiger partial charge in [-0.3, -0.25) is 0 Å². The summed E-state index contributed by atoms with van der Waals surface area (Å²) in [5.41, 5.74) is -1.62. The van der Waals surface area contributed by atoms with Crippen molar-refractivity contribution in [3.63, 3.8) is 0 Å². The summed E-state index contributed by atoms with van der Waals surface area (Å²) in [7, 11) is 0. The zero-order valence-electron chi connectivity index (χ0n) is 26.6. The SMILES string of the molecule is CC1(C)CC(/C=C/c2ccc(N(CCO)CCO)cc2)=CC(=C/C=C/C2=C(C#N)C(=C(C#N)C#N)OC2(c2ccccc2)C(F)(F)F)/C1. The average molecular weight is 653 g/mol. The molecule has 1 aliphatic carbocycles. The highest BCUT2D eigenvalue weighted by molar-refractivity contribution is 5.63. The predicted octanol–water partition coefficient (Wildman–Crippen LogP) is 7.33. The molecule has 1 unspecified atom stereocenters. The Balaban J connectivity index is 1.72. The number of anilines is 1. The number of nitriles is 3. The molecular formula is C38H35F3N4O3. The Bertz CT molecular complexity index is 1790. The first-order valence-corrected chi connectivity index (χ1v) is 15.3. The van der Waals surface area contributed by atoms with E-state index in [1.54, 1.807) is 30.4 Å². The summed E-state index contributed by atoms with van der Waals surface area (Å²) in [6.07, 6.45) is 6.64. The number of hydrogen-bond acceptors (Lipinski definition) is 7. The zero-order chi connectivity index (χ0) is 35.0. The second-order valence-electron chi connectivity index (χ2n) is 12.2. The van der Waals surface area contributed by atoms with Gasteiger partial charge in [0.15, 0.2) is 11.3 Å². The minimum Gasteiger partial charge on any atom is -0.465 e. The molecule has 0 amide bonds. The fourth-order valence-electron chi connectivity index (χ4n) is 6.03. The minimum absolute atomic E-state index is 0.0286. The fraction of sp³-hybridized carbons (Fsp3) is 0.289. The molecule has 1 aliphatic heterocycles. The Labute approximate surface area is 278 Å². The third-order valence-electron chi connectivity index (χ3n) is 8.07. The van der Waals surface area contributed by atoms with Gasteiger partial charge in [-0.2, -0.15) is 29.0 Å². The third-order valence-corrected chi connectivity index (χ3v) is 8.07. The van der Waals surface area contributed by atoms with E-state index in [1.807, 2.05) is 47.4 Å². The molecule has 2 aromatic rings. The molecular weight excluding hydrogens is 617 g/mol. The molecule has 0 saturated carbocycles. The lowest BCUT2D eigenvalue weighted by Gasteiger charge is -2.33. The number of alkyl halides is 3. The molecule has 7 nitrogen and oxygen atoms in total. The van der Waals surface area contributed by atoms with E-state index >= 15 is 13.2 Å². The Morgan fingerprint density at radius 1 is 0.917 bits per heavy atom. The highest BCUT2D eigenvalue weighted by Crippen LogP contribution is 2.55. The van der Waals surface area contributed by atoms with Gasteiger partial charge in [-0.1, -0.05) is 92.8 Å². The topological polar surface area (TPSA) is 124 Å². The highest BCUT2D eigenvalue weighted by atomic mass is 19.4. The monoisotopic (exact) mass is 652 g/mol. The van der Waals surface area contributed by atoms with Crippen molar-refractivity contribution < 1.29 is 28.1 Å². The van der Waals surface area contributed by atoms with E-state index in [1.165, 1.54) is 36.4 Å². The fourth-order valence-corrected chi connectivity index (χ4v) is 6.03. The Hall–Kier alpha value is -5.34. The van der Waals surface area contributed by atoms with Gasteiger partial charge in [0, 0.05) is 29.9 Å². The van der Waals surface area contributed by atoms with Crippen LogP contribution in [0.25, 0.3) is 6.08 Å². The van der Waals surface area contributed by atoms with E-state index in [4.69, 9.17) is 4.74 Å². The van der Waals surface area contributed by atoms with Gasteiger partial charge in [0.05, 0.1) is 13.2 Å². The number of ether oxygens (including phenoxy) is 1. The molecule has 1 heterocycles. The van der Waals surface area contributed by atoms with E-state index in [-0.39, 0.29) is 24.2 Å². The maximum absolute atomic E-state index is 15.1. The molecule has 10 heteroatoms. The van der Waals surface area contributed by atoms with Gasteiger partial charge in [0.25, 0.3) is 5.60 Å². The van der Waals surface area contributed by atoms with Gasteiger partial charge in [0.2, 0.25) is 0 Å². The summed E-state index contributed by atoms with van der Waals surface area (Å²) < 4.78 is 50.6. The van der Waals surface area contributed by atoms with Gasteiger partial charge in [-0.25, -0.2) is 0 Å². The Morgan fingerprint density at radius 2 is 1.56 bits per heavy atom. The summed E-state index contributed by atoms with van der Waals surface area (Å²) in [6, 6.07) is 19.4. The number of halogens is 3. The predicted molar refractivity (Wildman–Crippen MR) is 176 cm³/mol. The number of aliphatic hydroxyl groups is 2. The zero-order valence-corrected chi connectivity index (χ0v) is 26.6. The van der Waals surface area contributed by atoms with Crippen LogP contribution in [-0.4, -0.2) is 42.7 Å². The maximum Gasteiger partial charge on any atom is 0.437 e. The lowest BCUT2D eigenvalue weighted by Crippen LogP contribution is -2.43. The molecule has 2 aliphatic rings. The second kappa shape index (κ2) is 15.0. The van der Waals surface area contributed by atoms with Crippen LogP contribution in [0.3, 0.4) is 0 Å². The molecule has 0 bridgehead atoms. The van der Waals surface area contributed by atoms with Crippen molar-refractivity contribution in [1.82, 2.24) is 0 Å². The van der Waals surface area contributed by atoms with Gasteiger partial charge in [0.1, 0.15) is 23.8 Å². The molecule has 0 saturated heterocycles. The summed E-state index contributed by atoms with van der Waals surface area (Å²) in [6.45, 7) is 4.96. The molecule has 0 spiro atoms. The van der Waals surface area contributed by atoms with Gasteiger partial charge in [-0.15, -0.1) is 0 Å². The van der Waals surface area contributed by atoms with E-state index in [0.29, 0.717) is 19.5 Å². The first-order valence-electron chi connectivity index (χ1n) is 15.3.